The van der Waals surface area contributed by atoms with Crippen LogP contribution in [0, 0.1) is 0 Å². The Bertz CT molecular complexity index is 168. The molecular weight excluding hydrogens is 163 g/mol. The van der Waals surface area contributed by atoms with Crippen molar-refractivity contribution in [3.63, 3.8) is 0 Å². The third-order valence-corrected chi connectivity index (χ3v) is 1.24. The van der Waals surface area contributed by atoms with E-state index in [1.165, 1.54) is 0 Å². The molecule has 1 atom stereocenters. The summed E-state index contributed by atoms with van der Waals surface area (Å²) in [5, 5.41) is 2.23. The van der Waals surface area contributed by atoms with E-state index in [1.807, 2.05) is 0 Å². The first kappa shape index (κ1) is 8.32. The fourth-order valence-electron chi connectivity index (χ4n) is 0.851. The molecule has 64 valence electrons. The van der Waals surface area contributed by atoms with Gasteiger partial charge >= 0.3 is 6.36 Å². The van der Waals surface area contributed by atoms with Crippen LogP contribution in [0.25, 0.3) is 0 Å². The number of ether oxygens (including phenoxy) is 1. The number of nitrogens with one attached hydrogen (secondary N) is 1. The highest BCUT2D eigenvalue weighted by molar-refractivity contribution is 5.78. The highest BCUT2D eigenvalue weighted by Crippen LogP contribution is 2.21. The summed E-state index contributed by atoms with van der Waals surface area (Å²) in [6, 6.07) is 0. The van der Waals surface area contributed by atoms with E-state index in [-0.39, 0.29) is 13.0 Å². The summed E-state index contributed by atoms with van der Waals surface area (Å²) in [4.78, 5) is 10.4. The molecule has 0 radical (unpaired) electrons. The Morgan fingerprint density at radius 3 is 2.55 bits per heavy atom. The Kier molecular flexibility index (Phi) is 2.03. The van der Waals surface area contributed by atoms with Gasteiger partial charge in [0.2, 0.25) is 5.91 Å². The predicted octanol–water partition coefficient (Wildman–Crippen LogP) is 0.411. The molecule has 1 heterocycles. The van der Waals surface area contributed by atoms with Crippen LogP contribution >= 0.6 is 0 Å². The fourth-order valence-corrected chi connectivity index (χ4v) is 0.851. The van der Waals surface area contributed by atoms with E-state index in [9.17, 15) is 18.0 Å². The number of carbonyl (C=O) groups excluding carboxylic acids is 1. The number of halogens is 3. The zero-order valence-electron chi connectivity index (χ0n) is 5.44. The molecule has 1 N–H and O–H groups in total. The minimum Gasteiger partial charge on any atom is -0.353 e. The number of hydrogen-bond acceptors (Lipinski definition) is 2. The molecule has 0 saturated carbocycles. The summed E-state index contributed by atoms with van der Waals surface area (Å²) < 4.78 is 38.0. The van der Waals surface area contributed by atoms with E-state index in [4.69, 9.17) is 0 Å². The van der Waals surface area contributed by atoms with Gasteiger partial charge < -0.3 is 5.32 Å². The Hall–Kier alpha value is -0.780. The lowest BCUT2D eigenvalue weighted by Gasteiger charge is -2.11. The number of hydrogen-bond donors (Lipinski definition) is 1. The Morgan fingerprint density at radius 2 is 2.18 bits per heavy atom. The monoisotopic (exact) mass is 169 g/mol. The maximum Gasteiger partial charge on any atom is 0.522 e. The summed E-state index contributed by atoms with van der Waals surface area (Å²) in [5.41, 5.74) is 0. The first-order chi connectivity index (χ1) is 4.97. The number of amides is 1. The molecule has 6 heteroatoms. The van der Waals surface area contributed by atoms with E-state index in [0.717, 1.165) is 0 Å². The van der Waals surface area contributed by atoms with Crippen LogP contribution in [0.5, 0.6) is 0 Å². The van der Waals surface area contributed by atoms with Crippen LogP contribution in [0.15, 0.2) is 0 Å². The fraction of sp³-hybridized carbons (Fsp3) is 0.800. The molecule has 1 aliphatic rings. The van der Waals surface area contributed by atoms with Gasteiger partial charge in [0.05, 0.1) is 12.5 Å². The molecule has 0 bridgehead atoms. The number of alkyl halides is 3. The van der Waals surface area contributed by atoms with Crippen LogP contribution in [0.2, 0.25) is 0 Å². The predicted molar refractivity (Wildman–Crippen MR) is 28.6 cm³/mol. The highest BCUT2D eigenvalue weighted by Gasteiger charge is 2.36. The zero-order chi connectivity index (χ0) is 8.48. The Labute approximate surface area is 60.5 Å². The molecule has 0 spiro atoms. The van der Waals surface area contributed by atoms with Gasteiger partial charge in [-0.25, -0.2) is 0 Å². The van der Waals surface area contributed by atoms with Crippen LogP contribution in [0.1, 0.15) is 6.42 Å². The Morgan fingerprint density at radius 1 is 1.55 bits per heavy atom. The third kappa shape index (κ3) is 2.75. The number of carbonyl (C=O) groups is 1. The quantitative estimate of drug-likeness (QED) is 0.617. The van der Waals surface area contributed by atoms with Crippen molar-refractivity contribution in [2.24, 2.45) is 0 Å². The van der Waals surface area contributed by atoms with E-state index < -0.39 is 18.4 Å². The van der Waals surface area contributed by atoms with Gasteiger partial charge in [-0.15, -0.1) is 13.2 Å². The van der Waals surface area contributed by atoms with Crippen molar-refractivity contribution in [3.05, 3.63) is 0 Å². The SMILES string of the molecule is O=C1CC(OC(F)(F)F)CN1. The first-order valence-corrected chi connectivity index (χ1v) is 2.98. The van der Waals surface area contributed by atoms with Crippen molar-refractivity contribution >= 4 is 5.91 Å². The average Bonchev–Trinajstić information content (AvgIpc) is 2.10. The molecule has 0 aromatic heterocycles. The normalized spacial score (nSPS) is 25.4. The van der Waals surface area contributed by atoms with Gasteiger partial charge in [-0.3, -0.25) is 9.53 Å². The maximum atomic E-state index is 11.5. The summed E-state index contributed by atoms with van der Waals surface area (Å²) in [7, 11) is 0. The van der Waals surface area contributed by atoms with Gasteiger partial charge in [0, 0.05) is 6.54 Å². The van der Waals surface area contributed by atoms with Crippen LogP contribution in [0.4, 0.5) is 13.2 Å². The van der Waals surface area contributed by atoms with Gasteiger partial charge in [-0.05, 0) is 0 Å². The van der Waals surface area contributed by atoms with E-state index in [0.29, 0.717) is 0 Å². The van der Waals surface area contributed by atoms with Crippen molar-refractivity contribution < 1.29 is 22.7 Å². The van der Waals surface area contributed by atoms with Crippen molar-refractivity contribution in [3.8, 4) is 0 Å². The third-order valence-electron chi connectivity index (χ3n) is 1.24. The minimum absolute atomic E-state index is 0.0572. The molecule has 1 aliphatic heterocycles. The molecule has 1 unspecified atom stereocenters. The van der Waals surface area contributed by atoms with E-state index in [2.05, 4.69) is 10.1 Å². The van der Waals surface area contributed by atoms with Gasteiger partial charge in [0.15, 0.2) is 0 Å². The summed E-state index contributed by atoms with van der Waals surface area (Å²) in [6.45, 7) is -0.0572. The van der Waals surface area contributed by atoms with E-state index >= 15 is 0 Å². The second-order valence-corrected chi connectivity index (χ2v) is 2.19. The molecule has 1 rings (SSSR count). The molecule has 1 fully saturated rings. The Balaban J connectivity index is 2.34. The molecule has 0 aliphatic carbocycles. The lowest BCUT2D eigenvalue weighted by molar-refractivity contribution is -0.339. The lowest BCUT2D eigenvalue weighted by atomic mass is 10.3. The van der Waals surface area contributed by atoms with Crippen molar-refractivity contribution in [2.75, 3.05) is 6.54 Å². The topological polar surface area (TPSA) is 38.3 Å². The second kappa shape index (κ2) is 2.69. The number of rotatable bonds is 1. The molecule has 1 saturated heterocycles. The van der Waals surface area contributed by atoms with Gasteiger partial charge in [-0.1, -0.05) is 0 Å². The van der Waals surface area contributed by atoms with Crippen LogP contribution in [0.3, 0.4) is 0 Å². The lowest BCUT2D eigenvalue weighted by Crippen LogP contribution is -2.25. The zero-order valence-corrected chi connectivity index (χ0v) is 5.44. The molecule has 0 aromatic carbocycles. The molecule has 11 heavy (non-hydrogen) atoms. The summed E-state index contributed by atoms with van der Waals surface area (Å²) >= 11 is 0. The first-order valence-electron chi connectivity index (χ1n) is 2.98. The smallest absolute Gasteiger partial charge is 0.353 e. The molecule has 1 amide bonds. The van der Waals surface area contributed by atoms with Crippen molar-refractivity contribution in [1.29, 1.82) is 0 Å². The van der Waals surface area contributed by atoms with Crippen LogP contribution < -0.4 is 5.32 Å². The minimum atomic E-state index is -4.64. The maximum absolute atomic E-state index is 11.5. The van der Waals surface area contributed by atoms with Crippen LogP contribution in [-0.4, -0.2) is 24.9 Å². The molecular formula is C5H6F3NO2. The van der Waals surface area contributed by atoms with Crippen molar-refractivity contribution in [2.45, 2.75) is 18.9 Å². The molecule has 0 aromatic rings. The summed E-state index contributed by atoms with van der Waals surface area (Å²) in [5.74, 6) is -0.403. The van der Waals surface area contributed by atoms with Gasteiger partial charge in [0.1, 0.15) is 0 Å². The van der Waals surface area contributed by atoms with Crippen molar-refractivity contribution in [1.82, 2.24) is 5.32 Å². The standard InChI is InChI=1S/C5H6F3NO2/c6-5(7,8)11-3-1-4(10)9-2-3/h3H,1-2H2,(H,9,10). The highest BCUT2D eigenvalue weighted by atomic mass is 19.4. The van der Waals surface area contributed by atoms with Gasteiger partial charge in [-0.2, -0.15) is 0 Å². The van der Waals surface area contributed by atoms with Gasteiger partial charge in [0.25, 0.3) is 0 Å². The van der Waals surface area contributed by atoms with E-state index in [1.54, 1.807) is 0 Å². The largest absolute Gasteiger partial charge is 0.522 e. The molecule has 3 nitrogen and oxygen atoms in total. The summed E-state index contributed by atoms with van der Waals surface area (Å²) in [6.07, 6.45) is -5.90. The average molecular weight is 169 g/mol. The second-order valence-electron chi connectivity index (χ2n) is 2.19. The van der Waals surface area contributed by atoms with Crippen LogP contribution in [-0.2, 0) is 9.53 Å².